The van der Waals surface area contributed by atoms with Gasteiger partial charge in [0.25, 0.3) is 11.5 Å². The number of alkyl halides is 2. The van der Waals surface area contributed by atoms with Crippen LogP contribution < -0.4 is 9.88 Å². The summed E-state index contributed by atoms with van der Waals surface area (Å²) < 4.78 is 39.8. The number of thioether (sulfide) groups is 1. The first-order valence-electron chi connectivity index (χ1n) is 8.46. The molecule has 2 N–H and O–H groups in total. The lowest BCUT2D eigenvalue weighted by molar-refractivity contribution is -0.575. The van der Waals surface area contributed by atoms with E-state index in [1.165, 1.54) is 24.3 Å². The topological polar surface area (TPSA) is 36.1 Å². The van der Waals surface area contributed by atoms with Gasteiger partial charge in [0.1, 0.15) is 5.82 Å². The van der Waals surface area contributed by atoms with Crippen LogP contribution in [-0.2, 0) is 0 Å². The Hall–Kier alpha value is -2.84. The molecular weight excluding hydrogens is 417 g/mol. The SMILES string of the molecule is O/C(=C(\C(=S)Nc1ccc(SC(F)F)cc1)[n+]1ccccc1)c1ccc(F)cc1. The van der Waals surface area contributed by atoms with Gasteiger partial charge in [-0.3, -0.25) is 0 Å². The molecule has 2 aromatic carbocycles. The lowest BCUT2D eigenvalue weighted by Gasteiger charge is -2.10. The number of nitrogens with one attached hydrogen (secondary N) is 1. The molecule has 8 heteroatoms. The van der Waals surface area contributed by atoms with E-state index in [9.17, 15) is 18.3 Å². The molecule has 3 nitrogen and oxygen atoms in total. The van der Waals surface area contributed by atoms with Crippen LogP contribution in [0.5, 0.6) is 0 Å². The summed E-state index contributed by atoms with van der Waals surface area (Å²) in [5, 5.41) is 13.8. The van der Waals surface area contributed by atoms with E-state index in [2.05, 4.69) is 5.32 Å². The van der Waals surface area contributed by atoms with E-state index in [-0.39, 0.29) is 10.7 Å². The van der Waals surface area contributed by atoms with Crippen LogP contribution in [0.15, 0.2) is 84.0 Å². The molecule has 0 bridgehead atoms. The highest BCUT2D eigenvalue weighted by Crippen LogP contribution is 2.26. The predicted octanol–water partition coefficient (Wildman–Crippen LogP) is 5.75. The van der Waals surface area contributed by atoms with E-state index in [0.717, 1.165) is 0 Å². The zero-order valence-electron chi connectivity index (χ0n) is 14.9. The van der Waals surface area contributed by atoms with Crippen LogP contribution >= 0.6 is 24.0 Å². The number of nitrogens with zero attached hydrogens (tertiary/aromatic N) is 1. The van der Waals surface area contributed by atoms with Crippen molar-refractivity contribution in [2.75, 3.05) is 5.32 Å². The Morgan fingerprint density at radius 1 is 0.966 bits per heavy atom. The normalized spacial score (nSPS) is 11.9. The van der Waals surface area contributed by atoms with Gasteiger partial charge in [0.2, 0.25) is 0 Å². The minimum absolute atomic E-state index is 0.136. The van der Waals surface area contributed by atoms with E-state index in [0.29, 0.717) is 33.6 Å². The maximum atomic E-state index is 13.2. The zero-order chi connectivity index (χ0) is 20.8. The minimum atomic E-state index is -2.49. The van der Waals surface area contributed by atoms with Crippen molar-refractivity contribution >= 4 is 46.1 Å². The molecule has 29 heavy (non-hydrogen) atoms. The van der Waals surface area contributed by atoms with Crippen LogP contribution in [0, 0.1) is 5.82 Å². The van der Waals surface area contributed by atoms with Gasteiger partial charge >= 0.3 is 0 Å². The lowest BCUT2D eigenvalue weighted by atomic mass is 10.1. The third-order valence-electron chi connectivity index (χ3n) is 3.87. The monoisotopic (exact) mass is 433 g/mol. The molecule has 148 valence electrons. The molecule has 0 aliphatic rings. The number of halogens is 3. The average Bonchev–Trinajstić information content (AvgIpc) is 2.70. The molecule has 1 heterocycles. The van der Waals surface area contributed by atoms with Crippen LogP contribution in [0.3, 0.4) is 0 Å². The standard InChI is InChI=1S/C21H15F3N2OS2/c22-15-6-4-14(5-7-15)19(27)18(26-12-2-1-3-13-26)20(28)25-16-8-10-17(11-9-16)29-21(23)24/h1-13,21H,(H-,25,27,28)/p+1. The molecule has 0 fully saturated rings. The molecule has 0 atom stereocenters. The quantitative estimate of drug-likeness (QED) is 0.171. The van der Waals surface area contributed by atoms with Gasteiger partial charge in [-0.05, 0) is 48.5 Å². The smallest absolute Gasteiger partial charge is 0.288 e. The molecule has 0 radical (unpaired) electrons. The molecular formula is C21H16F3N2OS2+. The highest BCUT2D eigenvalue weighted by Gasteiger charge is 2.23. The van der Waals surface area contributed by atoms with E-state index in [1.54, 1.807) is 53.4 Å². The summed E-state index contributed by atoms with van der Waals surface area (Å²) >= 11 is 5.95. The molecule has 0 saturated carbocycles. The van der Waals surface area contributed by atoms with Gasteiger partial charge in [-0.15, -0.1) is 0 Å². The summed E-state index contributed by atoms with van der Waals surface area (Å²) in [5.41, 5.74) is 1.26. The average molecular weight is 434 g/mol. The maximum Gasteiger partial charge on any atom is 0.288 e. The van der Waals surface area contributed by atoms with Gasteiger partial charge in [-0.1, -0.05) is 30.0 Å². The van der Waals surface area contributed by atoms with Gasteiger partial charge in [0, 0.05) is 28.3 Å². The van der Waals surface area contributed by atoms with Crippen molar-refractivity contribution in [3.63, 3.8) is 0 Å². The van der Waals surface area contributed by atoms with Crippen molar-refractivity contribution in [1.29, 1.82) is 0 Å². The minimum Gasteiger partial charge on any atom is -0.502 e. The fourth-order valence-corrected chi connectivity index (χ4v) is 3.37. The Balaban J connectivity index is 1.93. The first-order valence-corrected chi connectivity index (χ1v) is 9.75. The van der Waals surface area contributed by atoms with Crippen LogP contribution in [0.2, 0.25) is 0 Å². The molecule has 0 spiro atoms. The first kappa shape index (κ1) is 20.9. The van der Waals surface area contributed by atoms with Crippen molar-refractivity contribution < 1.29 is 22.8 Å². The molecule has 0 unspecified atom stereocenters. The number of aliphatic hydroxyl groups excluding tert-OH is 1. The highest BCUT2D eigenvalue weighted by molar-refractivity contribution is 7.99. The van der Waals surface area contributed by atoms with Crippen molar-refractivity contribution in [3.05, 3.63) is 90.5 Å². The van der Waals surface area contributed by atoms with Crippen LogP contribution in [-0.4, -0.2) is 15.9 Å². The van der Waals surface area contributed by atoms with E-state index >= 15 is 0 Å². The van der Waals surface area contributed by atoms with Gasteiger partial charge in [0.15, 0.2) is 23.1 Å². The molecule has 3 aromatic rings. The number of rotatable bonds is 6. The van der Waals surface area contributed by atoms with E-state index in [1.807, 2.05) is 6.07 Å². The Morgan fingerprint density at radius 3 is 2.17 bits per heavy atom. The first-order chi connectivity index (χ1) is 13.9. The van der Waals surface area contributed by atoms with Crippen molar-refractivity contribution in [3.8, 4) is 0 Å². The summed E-state index contributed by atoms with van der Waals surface area (Å²) in [6, 6.07) is 17.1. The zero-order valence-corrected chi connectivity index (χ0v) is 16.6. The number of aliphatic hydroxyl groups is 1. The van der Waals surface area contributed by atoms with Crippen LogP contribution in [0.1, 0.15) is 5.56 Å². The largest absolute Gasteiger partial charge is 0.502 e. The third kappa shape index (κ3) is 5.58. The van der Waals surface area contributed by atoms with Crippen molar-refractivity contribution in [2.45, 2.75) is 10.7 Å². The van der Waals surface area contributed by atoms with E-state index < -0.39 is 11.6 Å². The number of anilines is 1. The number of aromatic nitrogens is 1. The molecule has 1 aromatic heterocycles. The summed E-state index contributed by atoms with van der Waals surface area (Å²) in [5.74, 6) is -3.05. The summed E-state index contributed by atoms with van der Waals surface area (Å²) in [6.07, 6.45) is 3.43. The highest BCUT2D eigenvalue weighted by atomic mass is 32.2. The van der Waals surface area contributed by atoms with Crippen LogP contribution in [0.25, 0.3) is 11.5 Å². The maximum absolute atomic E-state index is 13.2. The Bertz CT molecular complexity index is 1010. The van der Waals surface area contributed by atoms with Crippen molar-refractivity contribution in [2.24, 2.45) is 0 Å². The second-order valence-electron chi connectivity index (χ2n) is 5.84. The fraction of sp³-hybridized carbons (Fsp3) is 0.0476. The Labute approximate surface area is 175 Å². The number of benzene rings is 2. The number of thiocarbonyl (C=S) groups is 1. The van der Waals surface area contributed by atoms with Gasteiger partial charge in [-0.25, -0.2) is 4.39 Å². The van der Waals surface area contributed by atoms with Crippen molar-refractivity contribution in [1.82, 2.24) is 0 Å². The summed E-state index contributed by atoms with van der Waals surface area (Å²) in [4.78, 5) is 0.635. The Kier molecular flexibility index (Phi) is 6.90. The van der Waals surface area contributed by atoms with Gasteiger partial charge in [0.05, 0.1) is 0 Å². The predicted molar refractivity (Wildman–Crippen MR) is 113 cm³/mol. The third-order valence-corrected chi connectivity index (χ3v) is 4.89. The Morgan fingerprint density at radius 2 is 1.59 bits per heavy atom. The second kappa shape index (κ2) is 9.58. The fourth-order valence-electron chi connectivity index (χ4n) is 2.55. The number of hydrogen-bond acceptors (Lipinski definition) is 3. The molecule has 0 amide bonds. The van der Waals surface area contributed by atoms with E-state index in [4.69, 9.17) is 12.2 Å². The van der Waals surface area contributed by atoms with Gasteiger partial charge in [-0.2, -0.15) is 13.3 Å². The molecule has 0 aliphatic heterocycles. The van der Waals surface area contributed by atoms with Gasteiger partial charge < -0.3 is 10.4 Å². The second-order valence-corrected chi connectivity index (χ2v) is 7.32. The van der Waals surface area contributed by atoms with Crippen LogP contribution in [0.4, 0.5) is 18.9 Å². The molecule has 0 aliphatic carbocycles. The summed E-state index contributed by atoms with van der Waals surface area (Å²) in [7, 11) is 0. The molecule has 3 rings (SSSR count). The summed E-state index contributed by atoms with van der Waals surface area (Å²) in [6.45, 7) is 0. The lowest BCUT2D eigenvalue weighted by Crippen LogP contribution is -2.38. The molecule has 0 saturated heterocycles. The number of pyridine rings is 1. The number of hydrogen-bond donors (Lipinski definition) is 2.